The summed E-state index contributed by atoms with van der Waals surface area (Å²) in [6.07, 6.45) is 1.28. The number of para-hydroxylation sites is 1. The molecule has 3 aromatic rings. The molecule has 2 aliphatic heterocycles. The van der Waals surface area contributed by atoms with Crippen molar-refractivity contribution in [3.63, 3.8) is 0 Å². The summed E-state index contributed by atoms with van der Waals surface area (Å²) in [6.45, 7) is 3.67. The molecule has 3 N–H and O–H groups in total. The second-order valence-electron chi connectivity index (χ2n) is 10.0. The third kappa shape index (κ3) is 4.71. The molecule has 3 heterocycles. The molecule has 37 heavy (non-hydrogen) atoms. The van der Waals surface area contributed by atoms with Gasteiger partial charge in [0, 0.05) is 11.1 Å². The van der Waals surface area contributed by atoms with Crippen molar-refractivity contribution in [2.75, 3.05) is 4.90 Å². The number of anilines is 1. The van der Waals surface area contributed by atoms with E-state index in [-0.39, 0.29) is 24.7 Å². The van der Waals surface area contributed by atoms with Gasteiger partial charge in [0.25, 0.3) is 0 Å². The highest BCUT2D eigenvalue weighted by Gasteiger charge is 2.44. The number of benzene rings is 2. The predicted octanol–water partition coefficient (Wildman–Crippen LogP) is 3.06. The molecule has 0 unspecified atom stereocenters. The lowest BCUT2D eigenvalue weighted by Crippen LogP contribution is -2.57. The maximum atomic E-state index is 13.5. The minimum Gasteiger partial charge on any atom is -0.480 e. The summed E-state index contributed by atoms with van der Waals surface area (Å²) in [7, 11) is 0. The summed E-state index contributed by atoms with van der Waals surface area (Å²) in [4.78, 5) is 53.1. The normalized spacial score (nSPS) is 19.4. The van der Waals surface area contributed by atoms with Crippen LogP contribution in [0.1, 0.15) is 37.0 Å². The minimum atomic E-state index is -1.07. The largest absolute Gasteiger partial charge is 0.480 e. The Balaban J connectivity index is 1.31. The molecule has 0 saturated carbocycles. The van der Waals surface area contributed by atoms with Crippen LogP contribution in [-0.4, -0.2) is 46.9 Å². The van der Waals surface area contributed by atoms with E-state index >= 15 is 0 Å². The van der Waals surface area contributed by atoms with Crippen LogP contribution < -0.4 is 15.5 Å². The molecule has 0 aliphatic carbocycles. The molecule has 5 rings (SSSR count). The highest BCUT2D eigenvalue weighted by atomic mass is 32.1. The molecule has 9 heteroatoms. The van der Waals surface area contributed by atoms with Crippen molar-refractivity contribution in [2.45, 2.75) is 57.7 Å². The van der Waals surface area contributed by atoms with Crippen molar-refractivity contribution in [2.24, 2.45) is 5.92 Å². The summed E-state index contributed by atoms with van der Waals surface area (Å²) in [6, 6.07) is 10.8. The van der Waals surface area contributed by atoms with Crippen LogP contribution in [0, 0.1) is 5.92 Å². The van der Waals surface area contributed by atoms with Crippen molar-refractivity contribution >= 4 is 50.8 Å². The quantitative estimate of drug-likeness (QED) is 0.444. The number of thiophene rings is 1. The van der Waals surface area contributed by atoms with Gasteiger partial charge in [0.05, 0.1) is 12.1 Å². The first-order chi connectivity index (χ1) is 17.7. The first kappa shape index (κ1) is 25.0. The lowest BCUT2D eigenvalue weighted by atomic mass is 9.99. The number of nitrogens with zero attached hydrogens (tertiary/aromatic N) is 1. The number of carboxylic acids is 1. The van der Waals surface area contributed by atoms with Crippen LogP contribution in [0.4, 0.5) is 5.69 Å². The molecule has 2 aromatic carbocycles. The fourth-order valence-corrected chi connectivity index (χ4v) is 6.29. The minimum absolute atomic E-state index is 0.148. The summed E-state index contributed by atoms with van der Waals surface area (Å²) >= 11 is 1.57. The number of nitrogens with one attached hydrogen (secondary N) is 2. The van der Waals surface area contributed by atoms with Crippen molar-refractivity contribution < 1.29 is 24.3 Å². The summed E-state index contributed by atoms with van der Waals surface area (Å²) < 4.78 is 1.10. The van der Waals surface area contributed by atoms with E-state index in [9.17, 15) is 24.3 Å². The monoisotopic (exact) mass is 519 g/mol. The summed E-state index contributed by atoms with van der Waals surface area (Å²) in [5.41, 5.74) is 3.30. The summed E-state index contributed by atoms with van der Waals surface area (Å²) in [5, 5.41) is 18.4. The Morgan fingerprint density at radius 1 is 1.11 bits per heavy atom. The van der Waals surface area contributed by atoms with Crippen molar-refractivity contribution in [1.29, 1.82) is 0 Å². The van der Waals surface area contributed by atoms with Crippen LogP contribution in [0.15, 0.2) is 47.8 Å². The van der Waals surface area contributed by atoms with E-state index in [4.69, 9.17) is 0 Å². The molecule has 0 bridgehead atoms. The molecule has 2 aliphatic rings. The van der Waals surface area contributed by atoms with Crippen LogP contribution in [0.25, 0.3) is 10.1 Å². The topological polar surface area (TPSA) is 116 Å². The Kier molecular flexibility index (Phi) is 6.72. The van der Waals surface area contributed by atoms with E-state index in [2.05, 4.69) is 10.6 Å². The number of carbonyl (C=O) groups excluding carboxylic acids is 3. The van der Waals surface area contributed by atoms with Gasteiger partial charge in [0.15, 0.2) is 0 Å². The first-order valence-electron chi connectivity index (χ1n) is 12.5. The molecule has 1 aromatic heterocycles. The standard InChI is InChI=1S/C28H29N3O5S/c1-15(2)24(30-23(32)13-18-14-37-22-9-4-3-8-19(18)22)26(33)29-20-11-10-16-6-5-7-17-12-21(28(35)36)31(25(16)17)27(20)34/h3-9,14-15,20-21,24H,10-13H2,1-2H3,(H,29,33)(H,30,32)(H,35,36)/t20-,21-,24-/m0/s1. The zero-order valence-corrected chi connectivity index (χ0v) is 21.5. The van der Waals surface area contributed by atoms with Gasteiger partial charge < -0.3 is 15.7 Å². The van der Waals surface area contributed by atoms with Crippen LogP contribution in [0.3, 0.4) is 0 Å². The number of carboxylic acid groups (broad SMARTS) is 1. The molecular weight excluding hydrogens is 490 g/mol. The predicted molar refractivity (Wildman–Crippen MR) is 142 cm³/mol. The van der Waals surface area contributed by atoms with E-state index in [0.717, 1.165) is 26.8 Å². The highest BCUT2D eigenvalue weighted by molar-refractivity contribution is 7.17. The number of hydrogen-bond acceptors (Lipinski definition) is 5. The van der Waals surface area contributed by atoms with Crippen molar-refractivity contribution in [1.82, 2.24) is 10.6 Å². The highest BCUT2D eigenvalue weighted by Crippen LogP contribution is 2.39. The molecular formula is C28H29N3O5S. The van der Waals surface area contributed by atoms with E-state index < -0.39 is 35.9 Å². The van der Waals surface area contributed by atoms with Gasteiger partial charge in [-0.1, -0.05) is 50.2 Å². The second-order valence-corrected chi connectivity index (χ2v) is 10.9. The fourth-order valence-electron chi connectivity index (χ4n) is 5.33. The van der Waals surface area contributed by atoms with E-state index in [1.165, 1.54) is 4.90 Å². The second kappa shape index (κ2) is 9.97. The van der Waals surface area contributed by atoms with Gasteiger partial charge in [-0.25, -0.2) is 4.79 Å². The number of rotatable bonds is 7. The number of hydrogen-bond donors (Lipinski definition) is 3. The number of carbonyl (C=O) groups is 4. The molecule has 0 radical (unpaired) electrons. The Hall–Kier alpha value is -3.72. The first-order valence-corrected chi connectivity index (χ1v) is 13.3. The van der Waals surface area contributed by atoms with Gasteiger partial charge in [-0.3, -0.25) is 19.3 Å². The van der Waals surface area contributed by atoms with Crippen LogP contribution in [0.2, 0.25) is 0 Å². The fraction of sp³-hybridized carbons (Fsp3) is 0.357. The van der Waals surface area contributed by atoms with Gasteiger partial charge in [-0.2, -0.15) is 0 Å². The van der Waals surface area contributed by atoms with E-state index in [1.54, 1.807) is 11.3 Å². The van der Waals surface area contributed by atoms with E-state index in [0.29, 0.717) is 18.5 Å². The van der Waals surface area contributed by atoms with Gasteiger partial charge in [-0.05, 0) is 52.3 Å². The van der Waals surface area contributed by atoms with Gasteiger partial charge in [-0.15, -0.1) is 11.3 Å². The Morgan fingerprint density at radius 2 is 1.86 bits per heavy atom. The lowest BCUT2D eigenvalue weighted by Gasteiger charge is -2.28. The summed E-state index contributed by atoms with van der Waals surface area (Å²) in [5.74, 6) is -2.44. The Bertz CT molecular complexity index is 1400. The third-order valence-corrected chi connectivity index (χ3v) is 8.20. The smallest absolute Gasteiger partial charge is 0.327 e. The molecule has 0 saturated heterocycles. The third-order valence-electron chi connectivity index (χ3n) is 7.19. The van der Waals surface area contributed by atoms with Gasteiger partial charge in [0.1, 0.15) is 18.1 Å². The number of amides is 3. The average Bonchev–Trinajstić information content (AvgIpc) is 3.43. The van der Waals surface area contributed by atoms with Crippen molar-refractivity contribution in [3.05, 3.63) is 64.5 Å². The molecule has 3 atom stereocenters. The average molecular weight is 520 g/mol. The van der Waals surface area contributed by atoms with Crippen LogP contribution in [-0.2, 0) is 38.4 Å². The Morgan fingerprint density at radius 3 is 2.62 bits per heavy atom. The molecule has 0 spiro atoms. The van der Waals surface area contributed by atoms with E-state index in [1.807, 2.05) is 61.7 Å². The van der Waals surface area contributed by atoms with Gasteiger partial charge in [0.2, 0.25) is 17.7 Å². The lowest BCUT2D eigenvalue weighted by molar-refractivity contribution is -0.140. The van der Waals surface area contributed by atoms with Gasteiger partial charge >= 0.3 is 5.97 Å². The maximum Gasteiger partial charge on any atom is 0.327 e. The molecule has 8 nitrogen and oxygen atoms in total. The maximum absolute atomic E-state index is 13.5. The number of aryl methyl sites for hydroxylation is 1. The Labute approximate surface area is 218 Å². The number of fused-ring (bicyclic) bond motifs is 1. The van der Waals surface area contributed by atoms with Crippen LogP contribution >= 0.6 is 11.3 Å². The zero-order valence-electron chi connectivity index (χ0n) is 20.7. The SMILES string of the molecule is CC(C)[C@H](NC(=O)Cc1csc2ccccc12)C(=O)N[C@H]1CCc2cccc3c2N(C1=O)[C@H](C(=O)O)C3. The molecule has 0 fully saturated rings. The van der Waals surface area contributed by atoms with Crippen LogP contribution in [0.5, 0.6) is 0 Å². The number of aliphatic carboxylic acids is 1. The molecule has 3 amide bonds. The zero-order chi connectivity index (χ0) is 26.3. The molecule has 192 valence electrons. The van der Waals surface area contributed by atoms with Crippen molar-refractivity contribution in [3.8, 4) is 0 Å².